The van der Waals surface area contributed by atoms with Crippen LogP contribution < -0.4 is 5.32 Å². The molecule has 62 valence electrons. The van der Waals surface area contributed by atoms with Gasteiger partial charge in [0.05, 0.1) is 21.9 Å². The van der Waals surface area contributed by atoms with Gasteiger partial charge in [-0.1, -0.05) is 0 Å². The van der Waals surface area contributed by atoms with Crippen molar-refractivity contribution in [1.82, 2.24) is 10.2 Å². The summed E-state index contributed by atoms with van der Waals surface area (Å²) in [6.07, 6.45) is 1.81. The van der Waals surface area contributed by atoms with Crippen LogP contribution in [0.15, 0.2) is 22.8 Å². The molecule has 1 aromatic heterocycles. The molecule has 0 saturated heterocycles. The van der Waals surface area contributed by atoms with Crippen molar-refractivity contribution in [2.45, 2.75) is 0 Å². The lowest BCUT2D eigenvalue weighted by Crippen LogP contribution is -1.88. The molecule has 0 aliphatic heterocycles. The molecule has 0 radical (unpaired) electrons. The summed E-state index contributed by atoms with van der Waals surface area (Å²) >= 11 is 3.49. The Morgan fingerprint density at radius 3 is 3.08 bits per heavy atom. The van der Waals surface area contributed by atoms with E-state index in [1.807, 2.05) is 19.2 Å². The highest BCUT2D eigenvalue weighted by molar-refractivity contribution is 9.10. The van der Waals surface area contributed by atoms with E-state index in [4.69, 9.17) is 0 Å². The van der Waals surface area contributed by atoms with Gasteiger partial charge in [0.15, 0.2) is 0 Å². The van der Waals surface area contributed by atoms with Gasteiger partial charge in [0.25, 0.3) is 0 Å². The van der Waals surface area contributed by atoms with E-state index in [-0.39, 0.29) is 0 Å². The highest BCUT2D eigenvalue weighted by atomic mass is 79.9. The number of H-pyrrole nitrogens is 1. The molecular weight excluding hydrogens is 218 g/mol. The number of halogens is 1. The molecule has 0 bridgehead atoms. The summed E-state index contributed by atoms with van der Waals surface area (Å²) in [6, 6.07) is 4.04. The lowest BCUT2D eigenvalue weighted by Gasteiger charge is -2.02. The molecule has 0 amide bonds. The van der Waals surface area contributed by atoms with Gasteiger partial charge in [-0.2, -0.15) is 5.10 Å². The minimum absolute atomic E-state index is 1.03. The zero-order valence-corrected chi connectivity index (χ0v) is 8.14. The normalized spacial score (nSPS) is 10.5. The number of aromatic nitrogens is 2. The standard InChI is InChI=1S/C8H8BrN3/c1-10-6-3-2-5-4-11-12-8(5)7(6)9/h2-4,10H,1H3,(H,11,12). The molecule has 1 heterocycles. The van der Waals surface area contributed by atoms with Gasteiger partial charge in [-0.15, -0.1) is 0 Å². The summed E-state index contributed by atoms with van der Waals surface area (Å²) in [5.41, 5.74) is 2.09. The van der Waals surface area contributed by atoms with Gasteiger partial charge in [0, 0.05) is 12.4 Å². The minimum Gasteiger partial charge on any atom is -0.387 e. The molecule has 2 N–H and O–H groups in total. The summed E-state index contributed by atoms with van der Waals surface area (Å²) in [7, 11) is 1.89. The van der Waals surface area contributed by atoms with Crippen LogP contribution in [0.1, 0.15) is 0 Å². The summed E-state index contributed by atoms with van der Waals surface area (Å²) < 4.78 is 1.03. The van der Waals surface area contributed by atoms with Crippen molar-refractivity contribution >= 4 is 32.5 Å². The van der Waals surface area contributed by atoms with Gasteiger partial charge in [0.2, 0.25) is 0 Å². The van der Waals surface area contributed by atoms with E-state index in [0.717, 1.165) is 21.1 Å². The first-order valence-corrected chi connectivity index (χ1v) is 4.41. The summed E-state index contributed by atoms with van der Waals surface area (Å²) in [6.45, 7) is 0. The van der Waals surface area contributed by atoms with Gasteiger partial charge in [-0.3, -0.25) is 5.10 Å². The van der Waals surface area contributed by atoms with Crippen LogP contribution in [0.2, 0.25) is 0 Å². The maximum Gasteiger partial charge on any atom is 0.0813 e. The Morgan fingerprint density at radius 1 is 1.50 bits per heavy atom. The molecule has 0 saturated carbocycles. The van der Waals surface area contributed by atoms with Crippen LogP contribution in [0.5, 0.6) is 0 Å². The van der Waals surface area contributed by atoms with E-state index in [1.54, 1.807) is 6.20 Å². The summed E-state index contributed by atoms with van der Waals surface area (Å²) in [4.78, 5) is 0. The van der Waals surface area contributed by atoms with Gasteiger partial charge < -0.3 is 5.32 Å². The predicted octanol–water partition coefficient (Wildman–Crippen LogP) is 2.37. The fourth-order valence-electron chi connectivity index (χ4n) is 1.17. The molecule has 0 spiro atoms. The molecule has 4 heteroatoms. The number of rotatable bonds is 1. The maximum absolute atomic E-state index is 3.95. The van der Waals surface area contributed by atoms with Crippen LogP contribution in [0.4, 0.5) is 5.69 Å². The second-order valence-electron chi connectivity index (χ2n) is 2.51. The van der Waals surface area contributed by atoms with Gasteiger partial charge in [-0.25, -0.2) is 0 Å². The smallest absolute Gasteiger partial charge is 0.0813 e. The Kier molecular flexibility index (Phi) is 1.77. The fraction of sp³-hybridized carbons (Fsp3) is 0.125. The SMILES string of the molecule is CNc1ccc2cn[nH]c2c1Br. The second-order valence-corrected chi connectivity index (χ2v) is 3.30. The Bertz CT molecular complexity index is 408. The quantitative estimate of drug-likeness (QED) is 0.783. The average Bonchev–Trinajstić information content (AvgIpc) is 2.53. The van der Waals surface area contributed by atoms with E-state index in [9.17, 15) is 0 Å². The van der Waals surface area contributed by atoms with Crippen molar-refractivity contribution in [2.24, 2.45) is 0 Å². The molecule has 2 rings (SSSR count). The number of nitrogens with one attached hydrogen (secondary N) is 2. The first kappa shape index (κ1) is 7.61. The van der Waals surface area contributed by atoms with Crippen LogP contribution in [0, 0.1) is 0 Å². The average molecular weight is 226 g/mol. The number of fused-ring (bicyclic) bond motifs is 1. The van der Waals surface area contributed by atoms with E-state index in [2.05, 4.69) is 31.4 Å². The van der Waals surface area contributed by atoms with Crippen LogP contribution >= 0.6 is 15.9 Å². The number of nitrogens with zero attached hydrogens (tertiary/aromatic N) is 1. The highest BCUT2D eigenvalue weighted by Crippen LogP contribution is 2.29. The maximum atomic E-state index is 3.95. The molecule has 0 unspecified atom stereocenters. The molecule has 0 atom stereocenters. The Hall–Kier alpha value is -1.03. The monoisotopic (exact) mass is 225 g/mol. The van der Waals surface area contributed by atoms with Crippen LogP contribution in [-0.2, 0) is 0 Å². The van der Waals surface area contributed by atoms with E-state index < -0.39 is 0 Å². The van der Waals surface area contributed by atoms with Crippen LogP contribution in [0.3, 0.4) is 0 Å². The van der Waals surface area contributed by atoms with Crippen molar-refractivity contribution in [1.29, 1.82) is 0 Å². The molecule has 0 aliphatic carbocycles. The van der Waals surface area contributed by atoms with Gasteiger partial charge >= 0.3 is 0 Å². The molecule has 3 nitrogen and oxygen atoms in total. The third-order valence-corrected chi connectivity index (χ3v) is 2.65. The number of hydrogen-bond acceptors (Lipinski definition) is 2. The van der Waals surface area contributed by atoms with Crippen molar-refractivity contribution in [3.8, 4) is 0 Å². The predicted molar refractivity (Wildman–Crippen MR) is 53.3 cm³/mol. The van der Waals surface area contributed by atoms with Crippen molar-refractivity contribution in [3.63, 3.8) is 0 Å². The minimum atomic E-state index is 1.03. The third-order valence-electron chi connectivity index (χ3n) is 1.82. The Balaban J connectivity index is 2.78. The topological polar surface area (TPSA) is 40.7 Å². The largest absolute Gasteiger partial charge is 0.387 e. The third kappa shape index (κ3) is 0.992. The Morgan fingerprint density at radius 2 is 2.33 bits per heavy atom. The van der Waals surface area contributed by atoms with Crippen LogP contribution in [-0.4, -0.2) is 17.2 Å². The molecule has 0 fully saturated rings. The molecule has 2 aromatic rings. The lowest BCUT2D eigenvalue weighted by atomic mass is 10.2. The van der Waals surface area contributed by atoms with Crippen molar-refractivity contribution in [3.05, 3.63) is 22.8 Å². The Labute approximate surface area is 78.3 Å². The van der Waals surface area contributed by atoms with E-state index >= 15 is 0 Å². The van der Waals surface area contributed by atoms with E-state index in [1.165, 1.54) is 0 Å². The number of benzene rings is 1. The number of anilines is 1. The zero-order valence-electron chi connectivity index (χ0n) is 6.56. The first-order valence-electron chi connectivity index (χ1n) is 3.62. The fourth-order valence-corrected chi connectivity index (χ4v) is 1.82. The summed E-state index contributed by atoms with van der Waals surface area (Å²) in [5, 5.41) is 11.1. The number of hydrogen-bond donors (Lipinski definition) is 2. The van der Waals surface area contributed by atoms with Crippen molar-refractivity contribution < 1.29 is 0 Å². The number of aromatic amines is 1. The molecule has 12 heavy (non-hydrogen) atoms. The molecule has 0 aliphatic rings. The summed E-state index contributed by atoms with van der Waals surface area (Å²) in [5.74, 6) is 0. The highest BCUT2D eigenvalue weighted by Gasteiger charge is 2.03. The van der Waals surface area contributed by atoms with Gasteiger partial charge in [0.1, 0.15) is 0 Å². The van der Waals surface area contributed by atoms with E-state index in [0.29, 0.717) is 0 Å². The molecule has 1 aromatic carbocycles. The lowest BCUT2D eigenvalue weighted by molar-refractivity contribution is 1.12. The van der Waals surface area contributed by atoms with Crippen molar-refractivity contribution in [2.75, 3.05) is 12.4 Å². The second kappa shape index (κ2) is 2.79. The van der Waals surface area contributed by atoms with Crippen LogP contribution in [0.25, 0.3) is 10.9 Å². The van der Waals surface area contributed by atoms with Gasteiger partial charge in [-0.05, 0) is 28.1 Å². The molecular formula is C8H8BrN3. The first-order chi connectivity index (χ1) is 5.83. The zero-order chi connectivity index (χ0) is 8.55.